The number of ether oxygens (including phenoxy) is 1. The third-order valence-corrected chi connectivity index (χ3v) is 2.08. The highest BCUT2D eigenvalue weighted by molar-refractivity contribution is 7.98. The number of thioether (sulfide) groups is 1. The van der Waals surface area contributed by atoms with E-state index in [1.54, 1.807) is 6.26 Å². The number of halogens is 2. The Morgan fingerprint density at radius 1 is 1.50 bits per heavy atom. The Bertz CT molecular complexity index is 293. The Labute approximate surface area is 72.9 Å². The van der Waals surface area contributed by atoms with Crippen molar-refractivity contribution >= 4 is 11.8 Å². The van der Waals surface area contributed by atoms with Crippen LogP contribution in [0.3, 0.4) is 0 Å². The van der Waals surface area contributed by atoms with E-state index < -0.39 is 11.6 Å². The Balaban J connectivity index is 3.24. The molecule has 0 spiro atoms. The zero-order valence-electron chi connectivity index (χ0n) is 6.60. The van der Waals surface area contributed by atoms with E-state index in [0.29, 0.717) is 0 Å². The summed E-state index contributed by atoms with van der Waals surface area (Å²) in [6.07, 6.45) is 2.52. The molecule has 0 aromatic carbocycles. The monoisotopic (exact) mass is 191 g/mol. The molecular formula is C7H7F2NOS. The van der Waals surface area contributed by atoms with Gasteiger partial charge in [-0.3, -0.25) is 0 Å². The number of nitrogens with zero attached hydrogens (tertiary/aromatic N) is 1. The topological polar surface area (TPSA) is 22.1 Å². The van der Waals surface area contributed by atoms with Gasteiger partial charge in [-0.2, -0.15) is 4.39 Å². The summed E-state index contributed by atoms with van der Waals surface area (Å²) < 4.78 is 30.5. The second-order valence-electron chi connectivity index (χ2n) is 1.96. The van der Waals surface area contributed by atoms with Crippen LogP contribution >= 0.6 is 11.8 Å². The van der Waals surface area contributed by atoms with Crippen molar-refractivity contribution in [3.8, 4) is 5.88 Å². The van der Waals surface area contributed by atoms with Crippen LogP contribution in [0.15, 0.2) is 11.1 Å². The first-order valence-electron chi connectivity index (χ1n) is 3.12. The molecule has 0 radical (unpaired) electrons. The molecule has 1 heterocycles. The summed E-state index contributed by atoms with van der Waals surface area (Å²) >= 11 is 0.982. The van der Waals surface area contributed by atoms with Crippen molar-refractivity contribution in [2.75, 3.05) is 13.4 Å². The summed E-state index contributed by atoms with van der Waals surface area (Å²) in [5.74, 6) is -1.59. The molecule has 2 nitrogen and oxygen atoms in total. The van der Waals surface area contributed by atoms with Crippen molar-refractivity contribution in [1.29, 1.82) is 0 Å². The Morgan fingerprint density at radius 3 is 2.67 bits per heavy atom. The van der Waals surface area contributed by atoms with Gasteiger partial charge < -0.3 is 4.74 Å². The highest BCUT2D eigenvalue weighted by Crippen LogP contribution is 2.27. The fraction of sp³-hybridized carbons (Fsp3) is 0.286. The van der Waals surface area contributed by atoms with Crippen molar-refractivity contribution in [2.24, 2.45) is 0 Å². The fourth-order valence-electron chi connectivity index (χ4n) is 0.762. The van der Waals surface area contributed by atoms with E-state index >= 15 is 0 Å². The molecule has 1 aromatic rings. The van der Waals surface area contributed by atoms with Gasteiger partial charge in [0.25, 0.3) is 5.88 Å². The first-order valence-corrected chi connectivity index (χ1v) is 4.35. The molecule has 0 aliphatic carbocycles. The van der Waals surface area contributed by atoms with E-state index in [4.69, 9.17) is 0 Å². The Hall–Kier alpha value is -0.840. The number of rotatable bonds is 2. The van der Waals surface area contributed by atoms with E-state index in [2.05, 4.69) is 9.72 Å². The van der Waals surface area contributed by atoms with Crippen LogP contribution in [0.4, 0.5) is 8.78 Å². The molecule has 0 aliphatic heterocycles. The summed E-state index contributed by atoms with van der Waals surface area (Å²) in [5, 5.41) is 0. The molecule has 0 aliphatic rings. The average molecular weight is 191 g/mol. The molecule has 0 N–H and O–H groups in total. The average Bonchev–Trinajstić information content (AvgIpc) is 2.06. The zero-order valence-corrected chi connectivity index (χ0v) is 7.41. The molecule has 1 aromatic heterocycles. The molecule has 0 bridgehead atoms. The molecule has 12 heavy (non-hydrogen) atoms. The van der Waals surface area contributed by atoms with E-state index in [9.17, 15) is 8.78 Å². The van der Waals surface area contributed by atoms with Gasteiger partial charge in [0.05, 0.1) is 18.2 Å². The van der Waals surface area contributed by atoms with Crippen molar-refractivity contribution in [1.82, 2.24) is 4.98 Å². The van der Waals surface area contributed by atoms with Gasteiger partial charge in [-0.1, -0.05) is 0 Å². The van der Waals surface area contributed by atoms with Gasteiger partial charge in [0.15, 0.2) is 5.82 Å². The maximum Gasteiger partial charge on any atom is 0.251 e. The molecule has 0 saturated heterocycles. The predicted octanol–water partition coefficient (Wildman–Crippen LogP) is 2.09. The lowest BCUT2D eigenvalue weighted by Crippen LogP contribution is -1.96. The summed E-state index contributed by atoms with van der Waals surface area (Å²) in [7, 11) is 1.29. The normalized spacial score (nSPS) is 10.0. The molecule has 1 rings (SSSR count). The van der Waals surface area contributed by atoms with Gasteiger partial charge in [0.2, 0.25) is 5.82 Å². The van der Waals surface area contributed by atoms with Gasteiger partial charge in [0, 0.05) is 0 Å². The van der Waals surface area contributed by atoms with E-state index in [1.165, 1.54) is 7.11 Å². The maximum atomic E-state index is 13.1. The van der Waals surface area contributed by atoms with Gasteiger partial charge in [-0.05, 0) is 6.26 Å². The lowest BCUT2D eigenvalue weighted by Gasteiger charge is -2.04. The lowest BCUT2D eigenvalue weighted by molar-refractivity contribution is 0.357. The van der Waals surface area contributed by atoms with Crippen LogP contribution in [-0.2, 0) is 0 Å². The third-order valence-electron chi connectivity index (χ3n) is 1.30. The van der Waals surface area contributed by atoms with Crippen LogP contribution in [0.25, 0.3) is 0 Å². The lowest BCUT2D eigenvalue weighted by atomic mass is 10.4. The largest absolute Gasteiger partial charge is 0.479 e. The number of aromatic nitrogens is 1. The molecule has 5 heteroatoms. The van der Waals surface area contributed by atoms with E-state index in [-0.39, 0.29) is 10.8 Å². The van der Waals surface area contributed by atoms with Crippen LogP contribution in [0.2, 0.25) is 0 Å². The van der Waals surface area contributed by atoms with Crippen LogP contribution < -0.4 is 4.74 Å². The number of pyridine rings is 1. The van der Waals surface area contributed by atoms with Crippen molar-refractivity contribution < 1.29 is 13.5 Å². The molecular weight excluding hydrogens is 184 g/mol. The molecule has 0 saturated carbocycles. The predicted molar refractivity (Wildman–Crippen MR) is 42.5 cm³/mol. The highest BCUT2D eigenvalue weighted by atomic mass is 32.2. The second-order valence-corrected chi connectivity index (χ2v) is 2.78. The standard InChI is InChI=1S/C7H7F2NOS/c1-11-7-5(9)6(12-2)4(8)3-10-7/h3H,1-2H3. The summed E-state index contributed by atoms with van der Waals surface area (Å²) in [6, 6.07) is 0. The van der Waals surface area contributed by atoms with Crippen molar-refractivity contribution in [3.63, 3.8) is 0 Å². The SMILES string of the molecule is COc1ncc(F)c(SC)c1F. The number of hydrogen-bond acceptors (Lipinski definition) is 3. The van der Waals surface area contributed by atoms with Crippen molar-refractivity contribution in [3.05, 3.63) is 17.8 Å². The van der Waals surface area contributed by atoms with E-state index in [0.717, 1.165) is 18.0 Å². The molecule has 0 fully saturated rings. The minimum Gasteiger partial charge on any atom is -0.479 e. The van der Waals surface area contributed by atoms with Crippen LogP contribution in [-0.4, -0.2) is 18.3 Å². The zero-order chi connectivity index (χ0) is 9.14. The smallest absolute Gasteiger partial charge is 0.251 e. The molecule has 66 valence electrons. The van der Waals surface area contributed by atoms with Crippen LogP contribution in [0, 0.1) is 11.6 Å². The highest BCUT2D eigenvalue weighted by Gasteiger charge is 2.14. The van der Waals surface area contributed by atoms with Gasteiger partial charge >= 0.3 is 0 Å². The maximum absolute atomic E-state index is 13.1. The molecule has 0 unspecified atom stereocenters. The number of hydrogen-bond donors (Lipinski definition) is 0. The second kappa shape index (κ2) is 3.71. The Morgan fingerprint density at radius 2 is 2.17 bits per heavy atom. The minimum absolute atomic E-state index is 0.0677. The summed E-state index contributed by atoms with van der Waals surface area (Å²) in [5.41, 5.74) is 0. The third kappa shape index (κ3) is 1.50. The molecule has 0 atom stereocenters. The molecule has 0 amide bonds. The van der Waals surface area contributed by atoms with Crippen molar-refractivity contribution in [2.45, 2.75) is 4.90 Å². The Kier molecular flexibility index (Phi) is 2.86. The number of methoxy groups -OCH3 is 1. The summed E-state index contributed by atoms with van der Waals surface area (Å²) in [4.78, 5) is 3.35. The van der Waals surface area contributed by atoms with Crippen LogP contribution in [0.1, 0.15) is 0 Å². The van der Waals surface area contributed by atoms with Gasteiger partial charge in [-0.25, -0.2) is 9.37 Å². The summed E-state index contributed by atoms with van der Waals surface area (Å²) in [6.45, 7) is 0. The van der Waals surface area contributed by atoms with E-state index in [1.807, 2.05) is 0 Å². The minimum atomic E-state index is -0.745. The fourth-order valence-corrected chi connectivity index (χ4v) is 1.28. The first-order chi connectivity index (χ1) is 5.70. The first kappa shape index (κ1) is 9.25. The quantitative estimate of drug-likeness (QED) is 0.668. The van der Waals surface area contributed by atoms with Gasteiger partial charge in [0.1, 0.15) is 0 Å². The van der Waals surface area contributed by atoms with Crippen LogP contribution in [0.5, 0.6) is 5.88 Å². The van der Waals surface area contributed by atoms with Gasteiger partial charge in [-0.15, -0.1) is 11.8 Å².